The fourth-order valence-electron chi connectivity index (χ4n) is 2.76. The fraction of sp³-hybridized carbons (Fsp3) is 1.00. The van der Waals surface area contributed by atoms with Gasteiger partial charge in [0.1, 0.15) is 0 Å². The number of fused-ring (bicyclic) bond motifs is 2. The molecule has 0 aliphatic carbocycles. The molecule has 70 valence electrons. The summed E-state index contributed by atoms with van der Waals surface area (Å²) in [5.41, 5.74) is 5.54. The molecule has 0 aromatic carbocycles. The van der Waals surface area contributed by atoms with Crippen molar-refractivity contribution in [3.05, 3.63) is 0 Å². The molecule has 0 radical (unpaired) electrons. The van der Waals surface area contributed by atoms with E-state index in [1.165, 1.54) is 12.8 Å². The molecule has 12 heavy (non-hydrogen) atoms. The molecule has 2 rings (SSSR count). The van der Waals surface area contributed by atoms with Crippen molar-refractivity contribution >= 4 is 0 Å². The molecule has 2 unspecified atom stereocenters. The number of hydrogen-bond acceptors (Lipinski definition) is 3. The number of hydrogen-bond donors (Lipinski definition) is 2. The van der Waals surface area contributed by atoms with Crippen LogP contribution in [0.3, 0.4) is 0 Å². The molecule has 3 heteroatoms. The van der Waals surface area contributed by atoms with Crippen molar-refractivity contribution in [2.24, 2.45) is 5.73 Å². The lowest BCUT2D eigenvalue weighted by atomic mass is 10.00. The van der Waals surface area contributed by atoms with E-state index in [9.17, 15) is 5.11 Å². The van der Waals surface area contributed by atoms with Gasteiger partial charge in [0, 0.05) is 25.2 Å². The number of nitrogens with two attached hydrogens (primary N) is 1. The molecule has 2 heterocycles. The molecule has 0 spiro atoms. The molecule has 3 nitrogen and oxygen atoms in total. The number of aliphatic hydroxyl groups is 1. The van der Waals surface area contributed by atoms with Gasteiger partial charge in [-0.3, -0.25) is 4.90 Å². The lowest BCUT2D eigenvalue weighted by molar-refractivity contribution is 0.0373. The quantitative estimate of drug-likeness (QED) is 0.610. The van der Waals surface area contributed by atoms with Crippen LogP contribution in [0.15, 0.2) is 0 Å². The molecule has 0 amide bonds. The van der Waals surface area contributed by atoms with Crippen LogP contribution in [0, 0.1) is 0 Å². The Morgan fingerprint density at radius 2 is 1.83 bits per heavy atom. The van der Waals surface area contributed by atoms with Gasteiger partial charge in [-0.1, -0.05) is 0 Å². The highest BCUT2D eigenvalue weighted by molar-refractivity contribution is 4.94. The van der Waals surface area contributed by atoms with E-state index in [0.717, 1.165) is 25.9 Å². The Morgan fingerprint density at radius 3 is 2.33 bits per heavy atom. The third kappa shape index (κ3) is 1.37. The van der Waals surface area contributed by atoms with Crippen molar-refractivity contribution in [3.8, 4) is 0 Å². The van der Waals surface area contributed by atoms with E-state index >= 15 is 0 Å². The molecule has 3 N–H and O–H groups in total. The molecule has 2 aliphatic heterocycles. The van der Waals surface area contributed by atoms with Crippen molar-refractivity contribution in [1.29, 1.82) is 0 Å². The first-order chi connectivity index (χ1) is 5.81. The van der Waals surface area contributed by atoms with E-state index in [1.54, 1.807) is 0 Å². The third-order valence-electron chi connectivity index (χ3n) is 3.25. The molecule has 2 saturated heterocycles. The van der Waals surface area contributed by atoms with Gasteiger partial charge in [-0.2, -0.15) is 0 Å². The molecule has 0 aromatic rings. The summed E-state index contributed by atoms with van der Waals surface area (Å²) in [5.74, 6) is 0. The van der Waals surface area contributed by atoms with Gasteiger partial charge >= 0.3 is 0 Å². The maximum Gasteiger partial charge on any atom is 0.0570 e. The second-order valence-electron chi connectivity index (χ2n) is 4.04. The van der Waals surface area contributed by atoms with Crippen LogP contribution in [0.2, 0.25) is 0 Å². The van der Waals surface area contributed by atoms with Crippen LogP contribution in [0.4, 0.5) is 0 Å². The predicted octanol–water partition coefficient (Wildman–Crippen LogP) is -0.0672. The standard InChI is InChI=1S/C9H18N2O/c10-3-4-11-7-1-2-8(11)6-9(12)5-7/h7-9,12H,1-6,10H2. The third-order valence-corrected chi connectivity index (χ3v) is 3.25. The van der Waals surface area contributed by atoms with E-state index in [2.05, 4.69) is 4.90 Å². The van der Waals surface area contributed by atoms with E-state index in [-0.39, 0.29) is 6.10 Å². The molecule has 0 saturated carbocycles. The van der Waals surface area contributed by atoms with Crippen LogP contribution >= 0.6 is 0 Å². The van der Waals surface area contributed by atoms with Crippen molar-refractivity contribution in [3.63, 3.8) is 0 Å². The minimum absolute atomic E-state index is 0.0449. The molecule has 0 aromatic heterocycles. The Morgan fingerprint density at radius 1 is 1.25 bits per heavy atom. The van der Waals surface area contributed by atoms with E-state index in [0.29, 0.717) is 12.1 Å². The first-order valence-electron chi connectivity index (χ1n) is 4.95. The average Bonchev–Trinajstić information content (AvgIpc) is 2.32. The zero-order valence-corrected chi connectivity index (χ0v) is 7.45. The van der Waals surface area contributed by atoms with Crippen LogP contribution in [0.5, 0.6) is 0 Å². The summed E-state index contributed by atoms with van der Waals surface area (Å²) in [5, 5.41) is 9.52. The Balaban J connectivity index is 1.99. The molecular weight excluding hydrogens is 152 g/mol. The van der Waals surface area contributed by atoms with Gasteiger partial charge in [-0.25, -0.2) is 0 Å². The monoisotopic (exact) mass is 170 g/mol. The second-order valence-corrected chi connectivity index (χ2v) is 4.04. The zero-order chi connectivity index (χ0) is 8.55. The number of rotatable bonds is 2. The highest BCUT2D eigenvalue weighted by Crippen LogP contribution is 2.34. The van der Waals surface area contributed by atoms with Gasteiger partial charge in [0.15, 0.2) is 0 Å². The van der Waals surface area contributed by atoms with E-state index < -0.39 is 0 Å². The van der Waals surface area contributed by atoms with Gasteiger partial charge in [-0.15, -0.1) is 0 Å². The summed E-state index contributed by atoms with van der Waals surface area (Å²) in [4.78, 5) is 2.49. The van der Waals surface area contributed by atoms with Crippen LogP contribution in [0.1, 0.15) is 25.7 Å². The van der Waals surface area contributed by atoms with Crippen molar-refractivity contribution in [1.82, 2.24) is 4.90 Å². The Hall–Kier alpha value is -0.120. The van der Waals surface area contributed by atoms with Gasteiger partial charge in [0.25, 0.3) is 0 Å². The fourth-order valence-corrected chi connectivity index (χ4v) is 2.76. The van der Waals surface area contributed by atoms with Crippen molar-refractivity contribution in [2.75, 3.05) is 13.1 Å². The maximum atomic E-state index is 9.52. The van der Waals surface area contributed by atoms with Crippen LogP contribution < -0.4 is 5.73 Å². The normalized spacial score (nSPS) is 42.0. The Bertz CT molecular complexity index is 149. The SMILES string of the molecule is NCCN1C2CCC1CC(O)C2. The van der Waals surface area contributed by atoms with E-state index in [4.69, 9.17) is 5.73 Å². The van der Waals surface area contributed by atoms with Gasteiger partial charge in [0.2, 0.25) is 0 Å². The zero-order valence-electron chi connectivity index (χ0n) is 7.45. The summed E-state index contributed by atoms with van der Waals surface area (Å²) >= 11 is 0. The minimum atomic E-state index is -0.0449. The Labute approximate surface area is 73.5 Å². The van der Waals surface area contributed by atoms with Crippen LogP contribution in [-0.4, -0.2) is 41.3 Å². The van der Waals surface area contributed by atoms with Gasteiger partial charge in [-0.05, 0) is 25.7 Å². The highest BCUT2D eigenvalue weighted by atomic mass is 16.3. The van der Waals surface area contributed by atoms with Gasteiger partial charge in [0.05, 0.1) is 6.10 Å². The molecule has 2 fully saturated rings. The molecule has 2 bridgehead atoms. The second kappa shape index (κ2) is 3.32. The number of aliphatic hydroxyl groups excluding tert-OH is 1. The summed E-state index contributed by atoms with van der Waals surface area (Å²) in [6, 6.07) is 1.25. The highest BCUT2D eigenvalue weighted by Gasteiger charge is 2.39. The summed E-state index contributed by atoms with van der Waals surface area (Å²) in [7, 11) is 0. The smallest absolute Gasteiger partial charge is 0.0570 e. The maximum absolute atomic E-state index is 9.52. The van der Waals surface area contributed by atoms with Crippen molar-refractivity contribution in [2.45, 2.75) is 43.9 Å². The lowest BCUT2D eigenvalue weighted by Crippen LogP contribution is -2.46. The number of nitrogens with zero attached hydrogens (tertiary/aromatic N) is 1. The first-order valence-corrected chi connectivity index (χ1v) is 4.95. The molecule has 2 aliphatic rings. The first kappa shape index (κ1) is 8.48. The number of piperidine rings is 1. The van der Waals surface area contributed by atoms with Crippen LogP contribution in [0.25, 0.3) is 0 Å². The Kier molecular flexibility index (Phi) is 2.35. The minimum Gasteiger partial charge on any atom is -0.393 e. The average molecular weight is 170 g/mol. The summed E-state index contributed by atoms with van der Waals surface area (Å²) < 4.78 is 0. The lowest BCUT2D eigenvalue weighted by Gasteiger charge is -2.36. The topological polar surface area (TPSA) is 49.5 Å². The largest absolute Gasteiger partial charge is 0.393 e. The van der Waals surface area contributed by atoms with Crippen molar-refractivity contribution < 1.29 is 5.11 Å². The van der Waals surface area contributed by atoms with E-state index in [1.807, 2.05) is 0 Å². The predicted molar refractivity (Wildman–Crippen MR) is 47.8 cm³/mol. The summed E-state index contributed by atoms with van der Waals surface area (Å²) in [6.45, 7) is 1.77. The summed E-state index contributed by atoms with van der Waals surface area (Å²) in [6.07, 6.45) is 4.42. The van der Waals surface area contributed by atoms with Crippen LogP contribution in [-0.2, 0) is 0 Å². The van der Waals surface area contributed by atoms with Gasteiger partial charge < -0.3 is 10.8 Å². The molecule has 2 atom stereocenters. The molecular formula is C9H18N2O.